The van der Waals surface area contributed by atoms with Crippen LogP contribution in [0.3, 0.4) is 0 Å². The molecule has 0 fully saturated rings. The summed E-state index contributed by atoms with van der Waals surface area (Å²) in [5.74, 6) is -0.752. The number of nitrogens with one attached hydrogen (secondary N) is 1. The summed E-state index contributed by atoms with van der Waals surface area (Å²) in [4.78, 5) is 39.0. The van der Waals surface area contributed by atoms with E-state index in [0.29, 0.717) is 13.0 Å². The van der Waals surface area contributed by atoms with Crippen molar-refractivity contribution in [3.05, 3.63) is 63.7 Å². The maximum atomic E-state index is 13.8. The monoisotopic (exact) mass is 548 g/mol. The van der Waals surface area contributed by atoms with Crippen LogP contribution in [0.4, 0.5) is 11.4 Å². The van der Waals surface area contributed by atoms with Crippen LogP contribution in [0, 0.1) is 23.0 Å². The van der Waals surface area contributed by atoms with Gasteiger partial charge in [0, 0.05) is 25.2 Å². The molecule has 0 radical (unpaired) electrons. The van der Waals surface area contributed by atoms with Gasteiger partial charge in [0.2, 0.25) is 21.8 Å². The molecule has 0 spiro atoms. The molecule has 0 aliphatic carbocycles. The van der Waals surface area contributed by atoms with E-state index < -0.39 is 33.4 Å². The van der Waals surface area contributed by atoms with Crippen molar-refractivity contribution in [1.29, 1.82) is 0 Å². The molecule has 0 heterocycles. The van der Waals surface area contributed by atoms with Gasteiger partial charge in [0.25, 0.3) is 5.69 Å². The second-order valence-electron chi connectivity index (χ2n) is 9.46. The number of amides is 2. The van der Waals surface area contributed by atoms with Gasteiger partial charge < -0.3 is 15.0 Å². The Balaban J connectivity index is 2.55. The van der Waals surface area contributed by atoms with Crippen molar-refractivity contribution in [2.24, 2.45) is 5.92 Å². The molecule has 1 N–H and O–H groups in total. The van der Waals surface area contributed by atoms with Crippen molar-refractivity contribution in [2.75, 3.05) is 30.8 Å². The number of non-ortho nitro benzene ring substituents is 1. The van der Waals surface area contributed by atoms with Gasteiger partial charge in [-0.1, -0.05) is 50.6 Å². The Hall–Kier alpha value is -3.67. The molecule has 0 saturated carbocycles. The average molecular weight is 549 g/mol. The lowest BCUT2D eigenvalue weighted by molar-refractivity contribution is -0.384. The highest BCUT2D eigenvalue weighted by atomic mass is 32.2. The molecule has 208 valence electrons. The number of aryl methyl sites for hydroxylation is 1. The predicted octanol–water partition coefficient (Wildman–Crippen LogP) is 3.26. The number of carbonyl (C=O) groups excluding carboxylic acids is 2. The van der Waals surface area contributed by atoms with Crippen molar-refractivity contribution in [1.82, 2.24) is 10.2 Å². The highest BCUT2D eigenvalue weighted by Gasteiger charge is 2.33. The van der Waals surface area contributed by atoms with E-state index in [4.69, 9.17) is 4.74 Å². The number of benzene rings is 2. The maximum Gasteiger partial charge on any atom is 0.271 e. The molecule has 0 aliphatic heterocycles. The molecule has 2 aromatic rings. The zero-order valence-corrected chi connectivity index (χ0v) is 23.4. The Labute approximate surface area is 224 Å². The zero-order chi connectivity index (χ0) is 28.6. The summed E-state index contributed by atoms with van der Waals surface area (Å²) in [7, 11) is -2.80. The normalized spacial score (nSPS) is 12.1. The first-order valence-electron chi connectivity index (χ1n) is 12.2. The van der Waals surface area contributed by atoms with Crippen LogP contribution in [0.25, 0.3) is 0 Å². The third-order valence-corrected chi connectivity index (χ3v) is 6.95. The van der Waals surface area contributed by atoms with Gasteiger partial charge in [0.05, 0.1) is 18.3 Å². The number of nitro benzene ring substituents is 1. The standard InChI is InChI=1S/C26H36N4O7S/c1-7-22(26(32)27-15-18(2)3)28(16-20-10-8-9-19(4)13-20)25(31)17-29(38(6,35)36)23-14-21(30(33)34)11-12-24(23)37-5/h8-14,18,22H,7,15-17H2,1-6H3,(H,27,32). The van der Waals surface area contributed by atoms with Gasteiger partial charge in [-0.15, -0.1) is 0 Å². The number of nitrogens with zero attached hydrogens (tertiary/aromatic N) is 3. The molecule has 1 unspecified atom stereocenters. The third kappa shape index (κ3) is 8.17. The topological polar surface area (TPSA) is 139 Å². The summed E-state index contributed by atoms with van der Waals surface area (Å²) in [6.45, 7) is 7.38. The molecule has 0 aromatic heterocycles. The van der Waals surface area contributed by atoms with Crippen molar-refractivity contribution in [3.63, 3.8) is 0 Å². The van der Waals surface area contributed by atoms with Gasteiger partial charge in [-0.25, -0.2) is 8.42 Å². The number of hydrogen-bond acceptors (Lipinski definition) is 7. The number of hydrogen-bond donors (Lipinski definition) is 1. The summed E-state index contributed by atoms with van der Waals surface area (Å²) in [6, 6.07) is 10.1. The van der Waals surface area contributed by atoms with Crippen LogP contribution >= 0.6 is 0 Å². The van der Waals surface area contributed by atoms with Gasteiger partial charge in [0.1, 0.15) is 24.0 Å². The van der Waals surface area contributed by atoms with E-state index >= 15 is 0 Å². The van der Waals surface area contributed by atoms with E-state index in [-0.39, 0.29) is 35.5 Å². The lowest BCUT2D eigenvalue weighted by Crippen LogP contribution is -2.52. The molecular weight excluding hydrogens is 512 g/mol. The smallest absolute Gasteiger partial charge is 0.271 e. The molecule has 2 amide bonds. The fourth-order valence-electron chi connectivity index (χ4n) is 3.93. The molecule has 0 saturated heterocycles. The molecule has 11 nitrogen and oxygen atoms in total. The Morgan fingerprint density at radius 2 is 1.84 bits per heavy atom. The highest BCUT2D eigenvalue weighted by Crippen LogP contribution is 2.34. The largest absolute Gasteiger partial charge is 0.495 e. The highest BCUT2D eigenvalue weighted by molar-refractivity contribution is 7.92. The third-order valence-electron chi connectivity index (χ3n) is 5.83. The molecule has 12 heteroatoms. The summed E-state index contributed by atoms with van der Waals surface area (Å²) >= 11 is 0. The van der Waals surface area contributed by atoms with Crippen LogP contribution in [0.2, 0.25) is 0 Å². The summed E-state index contributed by atoms with van der Waals surface area (Å²) < 4.78 is 31.7. The van der Waals surface area contributed by atoms with Crippen LogP contribution in [0.1, 0.15) is 38.3 Å². The van der Waals surface area contributed by atoms with E-state index in [2.05, 4.69) is 5.32 Å². The van der Waals surface area contributed by atoms with Crippen molar-refractivity contribution >= 4 is 33.2 Å². The summed E-state index contributed by atoms with van der Waals surface area (Å²) in [5, 5.41) is 14.2. The van der Waals surface area contributed by atoms with Crippen LogP contribution < -0.4 is 14.4 Å². The van der Waals surface area contributed by atoms with Crippen molar-refractivity contribution < 1.29 is 27.7 Å². The van der Waals surface area contributed by atoms with Crippen LogP contribution in [-0.2, 0) is 26.2 Å². The first-order chi connectivity index (χ1) is 17.8. The van der Waals surface area contributed by atoms with Gasteiger partial charge in [-0.05, 0) is 30.9 Å². The first kappa shape index (κ1) is 30.6. The molecular formula is C26H36N4O7S. The minimum absolute atomic E-state index is 0.0424. The minimum atomic E-state index is -4.09. The number of ether oxygens (including phenoxy) is 1. The number of sulfonamides is 1. The molecule has 2 rings (SSSR count). The quantitative estimate of drug-likeness (QED) is 0.299. The second kappa shape index (κ2) is 13.2. The fraction of sp³-hybridized carbons (Fsp3) is 0.462. The number of carbonyl (C=O) groups is 2. The number of rotatable bonds is 13. The Morgan fingerprint density at radius 1 is 1.16 bits per heavy atom. The summed E-state index contributed by atoms with van der Waals surface area (Å²) in [6.07, 6.45) is 1.19. The first-order valence-corrected chi connectivity index (χ1v) is 14.1. The second-order valence-corrected chi connectivity index (χ2v) is 11.4. The average Bonchev–Trinajstić information content (AvgIpc) is 2.84. The lowest BCUT2D eigenvalue weighted by atomic mass is 10.1. The summed E-state index contributed by atoms with van der Waals surface area (Å²) in [5.41, 5.74) is 1.22. The lowest BCUT2D eigenvalue weighted by Gasteiger charge is -2.33. The van der Waals surface area contributed by atoms with Gasteiger partial charge in [-0.3, -0.25) is 24.0 Å². The minimum Gasteiger partial charge on any atom is -0.495 e. The Kier molecular flexibility index (Phi) is 10.6. The molecule has 0 bridgehead atoms. The van der Waals surface area contributed by atoms with Crippen LogP contribution in [0.15, 0.2) is 42.5 Å². The molecule has 38 heavy (non-hydrogen) atoms. The van der Waals surface area contributed by atoms with E-state index in [0.717, 1.165) is 27.8 Å². The van der Waals surface area contributed by atoms with E-state index in [1.807, 2.05) is 45.0 Å². The van der Waals surface area contributed by atoms with Gasteiger partial charge in [-0.2, -0.15) is 0 Å². The molecule has 1 atom stereocenters. The van der Waals surface area contributed by atoms with Crippen molar-refractivity contribution in [3.8, 4) is 5.75 Å². The van der Waals surface area contributed by atoms with Crippen LogP contribution in [-0.4, -0.2) is 62.6 Å². The van der Waals surface area contributed by atoms with Gasteiger partial charge in [0.15, 0.2) is 0 Å². The molecule has 0 aliphatic rings. The Bertz CT molecular complexity index is 1260. The maximum absolute atomic E-state index is 13.8. The van der Waals surface area contributed by atoms with Crippen LogP contribution in [0.5, 0.6) is 5.75 Å². The Morgan fingerprint density at radius 3 is 2.37 bits per heavy atom. The van der Waals surface area contributed by atoms with E-state index in [1.54, 1.807) is 6.92 Å². The fourth-order valence-corrected chi connectivity index (χ4v) is 4.78. The number of anilines is 1. The van der Waals surface area contributed by atoms with E-state index in [9.17, 15) is 28.1 Å². The zero-order valence-electron chi connectivity index (χ0n) is 22.6. The number of nitro groups is 1. The van der Waals surface area contributed by atoms with Crippen molar-refractivity contribution in [2.45, 2.75) is 46.7 Å². The predicted molar refractivity (Wildman–Crippen MR) is 145 cm³/mol. The SMILES string of the molecule is CCC(C(=O)NCC(C)C)N(Cc1cccc(C)c1)C(=O)CN(c1cc([N+](=O)[O-])ccc1OC)S(C)(=O)=O. The number of methoxy groups -OCH3 is 1. The molecule has 2 aromatic carbocycles. The van der Waals surface area contributed by atoms with Gasteiger partial charge >= 0.3 is 0 Å². The van der Waals surface area contributed by atoms with E-state index in [1.165, 1.54) is 24.1 Å².